The van der Waals surface area contributed by atoms with E-state index in [-0.39, 0.29) is 12.4 Å². The summed E-state index contributed by atoms with van der Waals surface area (Å²) in [5, 5.41) is 3.24. The van der Waals surface area contributed by atoms with Crippen molar-refractivity contribution in [2.45, 2.75) is 13.2 Å². The Morgan fingerprint density at radius 2 is 1.85 bits per heavy atom. The van der Waals surface area contributed by atoms with Crippen molar-refractivity contribution in [3.63, 3.8) is 0 Å². The second-order valence-corrected chi connectivity index (χ2v) is 6.85. The van der Waals surface area contributed by atoms with Crippen LogP contribution in [0.15, 0.2) is 60.0 Å². The van der Waals surface area contributed by atoms with Crippen LogP contribution in [0.25, 0.3) is 6.08 Å². The van der Waals surface area contributed by atoms with Crippen LogP contribution in [0.4, 0.5) is 4.39 Å². The Morgan fingerprint density at radius 3 is 2.59 bits per heavy atom. The lowest BCUT2D eigenvalue weighted by Crippen LogP contribution is -2.01. The van der Waals surface area contributed by atoms with Gasteiger partial charge in [-0.1, -0.05) is 23.7 Å². The summed E-state index contributed by atoms with van der Waals surface area (Å²) in [6.45, 7) is 0.398. The number of hydrogen-bond acceptors (Lipinski definition) is 5. The summed E-state index contributed by atoms with van der Waals surface area (Å²) in [4.78, 5) is 16.1. The van der Waals surface area contributed by atoms with E-state index in [1.54, 1.807) is 42.5 Å². The van der Waals surface area contributed by atoms with Gasteiger partial charge < -0.3 is 9.47 Å². The molecule has 0 radical (unpaired) electrons. The lowest BCUT2D eigenvalue weighted by atomic mass is 10.2. The summed E-state index contributed by atoms with van der Waals surface area (Å²) in [6.07, 6.45) is 2.86. The maximum atomic E-state index is 12.8. The SMILES string of the molecule is O=C(C=Cc1ccc(F)cc1)OCc1csc(COc2ccc(Cl)cc2)n1. The molecule has 0 spiro atoms. The molecule has 1 heterocycles. The molecule has 0 bridgehead atoms. The van der Waals surface area contributed by atoms with Crippen molar-refractivity contribution >= 4 is 35.0 Å². The largest absolute Gasteiger partial charge is 0.486 e. The molecule has 138 valence electrons. The first-order valence-electron chi connectivity index (χ1n) is 8.00. The molecule has 3 aromatic rings. The molecule has 0 unspecified atom stereocenters. The topological polar surface area (TPSA) is 48.4 Å². The smallest absolute Gasteiger partial charge is 0.331 e. The molecule has 7 heteroatoms. The second kappa shape index (κ2) is 9.30. The highest BCUT2D eigenvalue weighted by Gasteiger charge is 2.06. The minimum Gasteiger partial charge on any atom is -0.486 e. The molecular weight excluding hydrogens is 389 g/mol. The molecule has 0 aliphatic rings. The van der Waals surface area contributed by atoms with Gasteiger partial charge in [0.15, 0.2) is 0 Å². The Hall–Kier alpha value is -2.70. The Morgan fingerprint density at radius 1 is 1.11 bits per heavy atom. The van der Waals surface area contributed by atoms with Gasteiger partial charge in [-0.25, -0.2) is 14.2 Å². The van der Waals surface area contributed by atoms with Gasteiger partial charge in [0.05, 0.1) is 5.69 Å². The minimum atomic E-state index is -0.494. The number of carbonyl (C=O) groups excluding carboxylic acids is 1. The van der Waals surface area contributed by atoms with Crippen molar-refractivity contribution in [1.82, 2.24) is 4.98 Å². The molecule has 1 aromatic heterocycles. The zero-order chi connectivity index (χ0) is 19.1. The van der Waals surface area contributed by atoms with Gasteiger partial charge in [0, 0.05) is 16.5 Å². The molecule has 0 N–H and O–H groups in total. The second-order valence-electron chi connectivity index (χ2n) is 5.47. The van der Waals surface area contributed by atoms with Crippen LogP contribution in [0.5, 0.6) is 5.75 Å². The molecule has 0 amide bonds. The van der Waals surface area contributed by atoms with Gasteiger partial charge in [0.1, 0.15) is 29.8 Å². The number of nitrogens with zero attached hydrogens (tertiary/aromatic N) is 1. The number of ether oxygens (including phenoxy) is 2. The Kier molecular flexibility index (Phi) is 6.57. The molecule has 27 heavy (non-hydrogen) atoms. The van der Waals surface area contributed by atoms with Crippen molar-refractivity contribution in [2.24, 2.45) is 0 Å². The minimum absolute atomic E-state index is 0.0734. The maximum Gasteiger partial charge on any atom is 0.331 e. The van der Waals surface area contributed by atoms with E-state index in [4.69, 9.17) is 21.1 Å². The first-order valence-corrected chi connectivity index (χ1v) is 9.26. The third-order valence-corrected chi connectivity index (χ3v) is 4.54. The Bertz CT molecular complexity index is 923. The van der Waals surface area contributed by atoms with E-state index in [0.717, 1.165) is 5.01 Å². The van der Waals surface area contributed by atoms with Crippen LogP contribution in [0, 0.1) is 5.82 Å². The molecule has 4 nitrogen and oxygen atoms in total. The molecule has 0 saturated carbocycles. The van der Waals surface area contributed by atoms with E-state index in [0.29, 0.717) is 28.6 Å². The standard InChI is InChI=1S/C20H15ClFNO3S/c21-15-4-8-18(9-5-15)25-12-19-23-17(13-27-19)11-26-20(24)10-3-14-1-6-16(22)7-2-14/h1-10,13H,11-12H2. The quantitative estimate of drug-likeness (QED) is 0.398. The summed E-state index contributed by atoms with van der Waals surface area (Å²) >= 11 is 7.26. The van der Waals surface area contributed by atoms with Gasteiger partial charge in [0.2, 0.25) is 0 Å². The van der Waals surface area contributed by atoms with Crippen molar-refractivity contribution in [3.8, 4) is 5.75 Å². The number of benzene rings is 2. The highest BCUT2D eigenvalue weighted by Crippen LogP contribution is 2.18. The predicted molar refractivity (Wildman–Crippen MR) is 103 cm³/mol. The monoisotopic (exact) mass is 403 g/mol. The first kappa shape index (κ1) is 19.1. The van der Waals surface area contributed by atoms with E-state index in [9.17, 15) is 9.18 Å². The van der Waals surface area contributed by atoms with Crippen molar-refractivity contribution in [2.75, 3.05) is 0 Å². The summed E-state index contributed by atoms with van der Waals surface area (Å²) < 4.78 is 23.6. The number of aromatic nitrogens is 1. The number of halogens is 2. The average molecular weight is 404 g/mol. The highest BCUT2D eigenvalue weighted by molar-refractivity contribution is 7.09. The van der Waals surface area contributed by atoms with Gasteiger partial charge in [-0.15, -0.1) is 11.3 Å². The molecule has 3 rings (SSSR count). The third-order valence-electron chi connectivity index (χ3n) is 3.42. The van der Waals surface area contributed by atoms with Gasteiger partial charge >= 0.3 is 5.97 Å². The van der Waals surface area contributed by atoms with Crippen molar-refractivity contribution < 1.29 is 18.7 Å². The van der Waals surface area contributed by atoms with Gasteiger partial charge in [0.25, 0.3) is 0 Å². The lowest BCUT2D eigenvalue weighted by molar-refractivity contribution is -0.139. The average Bonchev–Trinajstić information content (AvgIpc) is 3.13. The van der Waals surface area contributed by atoms with Crippen molar-refractivity contribution in [3.05, 3.63) is 87.1 Å². The number of carbonyl (C=O) groups is 1. The van der Waals surface area contributed by atoms with Crippen LogP contribution >= 0.6 is 22.9 Å². The number of rotatable bonds is 7. The Balaban J connectivity index is 1.45. The van der Waals surface area contributed by atoms with Crippen LogP contribution in [0.3, 0.4) is 0 Å². The number of thiazole rings is 1. The summed E-state index contributed by atoms with van der Waals surface area (Å²) in [5.41, 5.74) is 1.36. The van der Waals surface area contributed by atoms with Gasteiger partial charge in [-0.05, 0) is 48.0 Å². The van der Waals surface area contributed by atoms with Crippen LogP contribution in [-0.4, -0.2) is 11.0 Å². The fourth-order valence-electron chi connectivity index (χ4n) is 2.09. The fourth-order valence-corrected chi connectivity index (χ4v) is 2.90. The van der Waals surface area contributed by atoms with E-state index >= 15 is 0 Å². The molecule has 0 saturated heterocycles. The number of esters is 1. The van der Waals surface area contributed by atoms with Crippen LogP contribution in [0.2, 0.25) is 5.02 Å². The van der Waals surface area contributed by atoms with E-state index in [1.807, 2.05) is 5.38 Å². The molecule has 0 atom stereocenters. The maximum absolute atomic E-state index is 12.8. The number of hydrogen-bond donors (Lipinski definition) is 0. The van der Waals surface area contributed by atoms with Gasteiger partial charge in [-0.2, -0.15) is 0 Å². The molecular formula is C20H15ClFNO3S. The summed E-state index contributed by atoms with van der Waals surface area (Å²) in [7, 11) is 0. The Labute approximate surface area is 164 Å². The van der Waals surface area contributed by atoms with Crippen molar-refractivity contribution in [1.29, 1.82) is 0 Å². The lowest BCUT2D eigenvalue weighted by Gasteiger charge is -2.03. The van der Waals surface area contributed by atoms with E-state index in [1.165, 1.54) is 29.5 Å². The molecule has 0 fully saturated rings. The van der Waals surface area contributed by atoms with Gasteiger partial charge in [-0.3, -0.25) is 0 Å². The third kappa shape index (κ3) is 6.20. The molecule has 2 aromatic carbocycles. The van der Waals surface area contributed by atoms with Crippen LogP contribution in [0.1, 0.15) is 16.3 Å². The fraction of sp³-hybridized carbons (Fsp3) is 0.100. The zero-order valence-electron chi connectivity index (χ0n) is 14.1. The zero-order valence-corrected chi connectivity index (χ0v) is 15.7. The highest BCUT2D eigenvalue weighted by atomic mass is 35.5. The summed E-state index contributed by atoms with van der Waals surface area (Å²) in [5.74, 6) is -0.117. The van der Waals surface area contributed by atoms with Crippen LogP contribution in [-0.2, 0) is 22.7 Å². The summed E-state index contributed by atoms with van der Waals surface area (Å²) in [6, 6.07) is 12.9. The first-order chi connectivity index (χ1) is 13.1. The predicted octanol–water partition coefficient (Wildman–Crippen LogP) is 5.27. The normalized spacial score (nSPS) is 10.9. The van der Waals surface area contributed by atoms with E-state index < -0.39 is 5.97 Å². The molecule has 0 aliphatic carbocycles. The van der Waals surface area contributed by atoms with Crippen LogP contribution < -0.4 is 4.74 Å². The molecule has 0 aliphatic heterocycles. The van der Waals surface area contributed by atoms with E-state index in [2.05, 4.69) is 4.98 Å².